The maximum absolute atomic E-state index is 11.4. The molecule has 1 atom stereocenters. The summed E-state index contributed by atoms with van der Waals surface area (Å²) in [6.07, 6.45) is 0.771. The van der Waals surface area contributed by atoms with Gasteiger partial charge in [0.1, 0.15) is 0 Å². The van der Waals surface area contributed by atoms with Crippen LogP contribution >= 0.6 is 22.6 Å². The number of carbonyl (C=O) groups is 1. The summed E-state index contributed by atoms with van der Waals surface area (Å²) in [6, 6.07) is 7.96. The second kappa shape index (κ2) is 5.34. The minimum atomic E-state index is -0.159. The molecular weight excluding hydrogens is 291 g/mol. The zero-order valence-electron chi connectivity index (χ0n) is 8.29. The summed E-state index contributed by atoms with van der Waals surface area (Å²) < 4.78 is 5.92. The van der Waals surface area contributed by atoms with Crippen molar-refractivity contribution >= 4 is 28.6 Å². The van der Waals surface area contributed by atoms with Gasteiger partial charge < -0.3 is 4.74 Å². The van der Waals surface area contributed by atoms with Gasteiger partial charge in [0, 0.05) is 3.57 Å². The van der Waals surface area contributed by atoms with Crippen LogP contribution in [0, 0.1) is 3.57 Å². The van der Waals surface area contributed by atoms with E-state index < -0.39 is 0 Å². The Bertz CT molecular complexity index is 306. The SMILES string of the molecule is CCC(C(=O)OC)c1ccc(I)cc1. The Kier molecular flexibility index (Phi) is 4.38. The van der Waals surface area contributed by atoms with Gasteiger partial charge in [0.05, 0.1) is 13.0 Å². The Morgan fingerprint density at radius 1 is 1.43 bits per heavy atom. The maximum atomic E-state index is 11.4. The quantitative estimate of drug-likeness (QED) is 0.634. The van der Waals surface area contributed by atoms with Gasteiger partial charge in [-0.15, -0.1) is 0 Å². The van der Waals surface area contributed by atoms with Gasteiger partial charge in [-0.25, -0.2) is 0 Å². The Morgan fingerprint density at radius 2 is 2.00 bits per heavy atom. The zero-order chi connectivity index (χ0) is 10.6. The molecule has 1 aromatic rings. The first-order chi connectivity index (χ1) is 6.69. The molecule has 1 unspecified atom stereocenters. The molecule has 0 spiro atoms. The van der Waals surface area contributed by atoms with Crippen molar-refractivity contribution in [2.45, 2.75) is 19.3 Å². The highest BCUT2D eigenvalue weighted by Crippen LogP contribution is 2.21. The van der Waals surface area contributed by atoms with Crippen molar-refractivity contribution in [1.29, 1.82) is 0 Å². The number of esters is 1. The number of benzene rings is 1. The highest BCUT2D eigenvalue weighted by atomic mass is 127. The molecule has 1 rings (SSSR count). The summed E-state index contributed by atoms with van der Waals surface area (Å²) in [4.78, 5) is 11.4. The molecule has 14 heavy (non-hydrogen) atoms. The van der Waals surface area contributed by atoms with E-state index in [1.807, 2.05) is 31.2 Å². The first kappa shape index (κ1) is 11.5. The molecule has 3 heteroatoms. The molecule has 0 amide bonds. The first-order valence-corrected chi connectivity index (χ1v) is 5.60. The fourth-order valence-electron chi connectivity index (χ4n) is 1.38. The van der Waals surface area contributed by atoms with Gasteiger partial charge in [-0.05, 0) is 46.7 Å². The smallest absolute Gasteiger partial charge is 0.313 e. The van der Waals surface area contributed by atoms with Gasteiger partial charge in [-0.3, -0.25) is 4.79 Å². The second-order valence-corrected chi connectivity index (χ2v) is 4.28. The van der Waals surface area contributed by atoms with Gasteiger partial charge in [-0.1, -0.05) is 19.1 Å². The van der Waals surface area contributed by atoms with E-state index in [1.165, 1.54) is 10.7 Å². The molecule has 0 bridgehead atoms. The Hall–Kier alpha value is -0.580. The van der Waals surface area contributed by atoms with E-state index in [1.54, 1.807) is 0 Å². The monoisotopic (exact) mass is 304 g/mol. The van der Waals surface area contributed by atoms with Crippen LogP contribution in [0.25, 0.3) is 0 Å². The topological polar surface area (TPSA) is 26.3 Å². The van der Waals surface area contributed by atoms with Crippen LogP contribution in [0.1, 0.15) is 24.8 Å². The van der Waals surface area contributed by atoms with Gasteiger partial charge in [0.25, 0.3) is 0 Å². The zero-order valence-corrected chi connectivity index (χ0v) is 10.4. The molecule has 0 N–H and O–H groups in total. The van der Waals surface area contributed by atoms with Crippen LogP contribution in [0.3, 0.4) is 0 Å². The van der Waals surface area contributed by atoms with E-state index in [4.69, 9.17) is 4.74 Å². The highest BCUT2D eigenvalue weighted by Gasteiger charge is 2.18. The fourth-order valence-corrected chi connectivity index (χ4v) is 1.74. The minimum absolute atomic E-state index is 0.128. The maximum Gasteiger partial charge on any atom is 0.313 e. The van der Waals surface area contributed by atoms with Crippen molar-refractivity contribution in [3.8, 4) is 0 Å². The summed E-state index contributed by atoms with van der Waals surface area (Å²) in [5, 5.41) is 0. The van der Waals surface area contributed by atoms with Crippen LogP contribution in [-0.2, 0) is 9.53 Å². The third-order valence-corrected chi connectivity index (χ3v) is 2.89. The second-order valence-electron chi connectivity index (χ2n) is 3.04. The lowest BCUT2D eigenvalue weighted by Gasteiger charge is -2.12. The number of ether oxygens (including phenoxy) is 1. The fraction of sp³-hybridized carbons (Fsp3) is 0.364. The van der Waals surface area contributed by atoms with Gasteiger partial charge in [-0.2, -0.15) is 0 Å². The summed E-state index contributed by atoms with van der Waals surface area (Å²) in [7, 11) is 1.43. The lowest BCUT2D eigenvalue weighted by Crippen LogP contribution is -2.13. The number of methoxy groups -OCH3 is 1. The van der Waals surface area contributed by atoms with Crippen LogP contribution in [0.5, 0.6) is 0 Å². The normalized spacial score (nSPS) is 12.2. The van der Waals surface area contributed by atoms with Gasteiger partial charge in [0.15, 0.2) is 0 Å². The molecule has 76 valence electrons. The molecule has 0 aromatic heterocycles. The van der Waals surface area contributed by atoms with E-state index in [0.29, 0.717) is 0 Å². The third kappa shape index (κ3) is 2.70. The van der Waals surface area contributed by atoms with Crippen molar-refractivity contribution in [3.05, 3.63) is 33.4 Å². The number of hydrogen-bond acceptors (Lipinski definition) is 2. The Balaban J connectivity index is 2.89. The predicted octanol–water partition coefficient (Wildman–Crippen LogP) is 2.96. The molecule has 2 nitrogen and oxygen atoms in total. The molecule has 0 fully saturated rings. The van der Waals surface area contributed by atoms with Crippen molar-refractivity contribution in [1.82, 2.24) is 0 Å². The molecular formula is C11H13IO2. The van der Waals surface area contributed by atoms with E-state index in [-0.39, 0.29) is 11.9 Å². The molecule has 0 aliphatic carbocycles. The van der Waals surface area contributed by atoms with Gasteiger partial charge in [0.2, 0.25) is 0 Å². The van der Waals surface area contributed by atoms with Crippen LogP contribution < -0.4 is 0 Å². The van der Waals surface area contributed by atoms with Crippen molar-refractivity contribution in [2.75, 3.05) is 7.11 Å². The molecule has 0 aliphatic rings. The average Bonchev–Trinajstić information content (AvgIpc) is 2.21. The van der Waals surface area contributed by atoms with E-state index in [9.17, 15) is 4.79 Å². The van der Waals surface area contributed by atoms with Crippen LogP contribution in [0.4, 0.5) is 0 Å². The Morgan fingerprint density at radius 3 is 2.43 bits per heavy atom. The van der Waals surface area contributed by atoms with Crippen LogP contribution in [0.15, 0.2) is 24.3 Å². The highest BCUT2D eigenvalue weighted by molar-refractivity contribution is 14.1. The van der Waals surface area contributed by atoms with Crippen molar-refractivity contribution in [3.63, 3.8) is 0 Å². The number of halogens is 1. The van der Waals surface area contributed by atoms with E-state index >= 15 is 0 Å². The summed E-state index contributed by atoms with van der Waals surface area (Å²) in [5.41, 5.74) is 1.03. The first-order valence-electron chi connectivity index (χ1n) is 4.52. The van der Waals surface area contributed by atoms with Crippen LogP contribution in [-0.4, -0.2) is 13.1 Å². The molecule has 0 saturated heterocycles. The van der Waals surface area contributed by atoms with Crippen molar-refractivity contribution in [2.24, 2.45) is 0 Å². The molecule has 0 heterocycles. The average molecular weight is 304 g/mol. The Labute approximate surface area is 97.8 Å². The molecule has 0 saturated carbocycles. The van der Waals surface area contributed by atoms with Gasteiger partial charge >= 0.3 is 5.97 Å². The lowest BCUT2D eigenvalue weighted by atomic mass is 9.97. The largest absolute Gasteiger partial charge is 0.469 e. The van der Waals surface area contributed by atoms with Crippen molar-refractivity contribution < 1.29 is 9.53 Å². The summed E-state index contributed by atoms with van der Waals surface area (Å²) >= 11 is 2.24. The third-order valence-electron chi connectivity index (χ3n) is 2.17. The number of hydrogen-bond donors (Lipinski definition) is 0. The van der Waals surface area contributed by atoms with Crippen LogP contribution in [0.2, 0.25) is 0 Å². The predicted molar refractivity (Wildman–Crippen MR) is 64.2 cm³/mol. The van der Waals surface area contributed by atoms with E-state index in [2.05, 4.69) is 22.6 Å². The molecule has 0 aliphatic heterocycles. The lowest BCUT2D eigenvalue weighted by molar-refractivity contribution is -0.142. The molecule has 0 radical (unpaired) electrons. The summed E-state index contributed by atoms with van der Waals surface area (Å²) in [6.45, 7) is 1.99. The van der Waals surface area contributed by atoms with E-state index in [0.717, 1.165) is 12.0 Å². The number of rotatable bonds is 3. The summed E-state index contributed by atoms with van der Waals surface area (Å²) in [5.74, 6) is -0.286. The standard InChI is InChI=1S/C11H13IO2/c1-3-10(11(13)14-2)8-4-6-9(12)7-5-8/h4-7,10H,3H2,1-2H3. The minimum Gasteiger partial charge on any atom is -0.469 e. The molecule has 1 aromatic carbocycles. The number of carbonyl (C=O) groups excluding carboxylic acids is 1.